The van der Waals surface area contributed by atoms with Crippen molar-refractivity contribution in [3.63, 3.8) is 0 Å². The fourth-order valence-corrected chi connectivity index (χ4v) is 3.44. The number of aromatic amines is 1. The van der Waals surface area contributed by atoms with Crippen LogP contribution < -0.4 is 75.3 Å². The number of hydrogen-bond acceptors (Lipinski definition) is 12. The molecule has 0 amide bonds. The molecular formula is C9H10FN2Na2O12PS. The average molecular weight is 466 g/mol. The van der Waals surface area contributed by atoms with Crippen molar-refractivity contribution in [3.8, 4) is 0 Å². The topological polar surface area (TPSA) is 220 Å². The van der Waals surface area contributed by atoms with Gasteiger partial charge in [0.15, 0.2) is 6.23 Å². The minimum atomic E-state index is -5.64. The molecule has 0 bridgehead atoms. The fraction of sp³-hybridized carbons (Fsp3) is 0.556. The summed E-state index contributed by atoms with van der Waals surface area (Å²) in [5, 5.41) is 19.6. The molecule has 148 valence electrons. The maximum Gasteiger partial charge on any atom is 1.00 e. The van der Waals surface area contributed by atoms with Crippen molar-refractivity contribution in [1.29, 1.82) is 0 Å². The van der Waals surface area contributed by atoms with Crippen molar-refractivity contribution in [2.45, 2.75) is 24.5 Å². The van der Waals surface area contributed by atoms with Gasteiger partial charge in [-0.2, -0.15) is 4.39 Å². The summed E-state index contributed by atoms with van der Waals surface area (Å²) in [7, 11) is -11.3. The number of phosphoric ester groups is 1. The van der Waals surface area contributed by atoms with E-state index in [0.717, 1.165) is 0 Å². The number of aliphatic hydroxyl groups excluding tert-OH is 2. The molecule has 0 aromatic carbocycles. The number of rotatable bonds is 6. The molecule has 14 nitrogen and oxygen atoms in total. The van der Waals surface area contributed by atoms with E-state index >= 15 is 0 Å². The number of phosphoric acid groups is 1. The minimum Gasteiger partial charge on any atom is -0.755 e. The van der Waals surface area contributed by atoms with E-state index in [1.54, 1.807) is 4.98 Å². The number of aliphatic hydroxyl groups is 2. The van der Waals surface area contributed by atoms with Gasteiger partial charge in [-0.3, -0.25) is 18.9 Å². The Morgan fingerprint density at radius 2 is 1.89 bits per heavy atom. The number of halogens is 1. The molecule has 0 saturated carbocycles. The van der Waals surface area contributed by atoms with Crippen LogP contribution in [0.3, 0.4) is 0 Å². The summed E-state index contributed by atoms with van der Waals surface area (Å²) in [6, 6.07) is 0. The molecule has 1 aliphatic heterocycles. The van der Waals surface area contributed by atoms with Crippen LogP contribution in [0.15, 0.2) is 15.8 Å². The Bertz CT molecular complexity index is 953. The maximum absolute atomic E-state index is 13.3. The smallest absolute Gasteiger partial charge is 0.755 e. The molecule has 5 atom stereocenters. The molecule has 1 aliphatic rings. The first-order valence-electron chi connectivity index (χ1n) is 6.46. The van der Waals surface area contributed by atoms with Crippen molar-refractivity contribution in [2.75, 3.05) is 6.61 Å². The predicted octanol–water partition coefficient (Wildman–Crippen LogP) is -9.74. The Kier molecular flexibility index (Phi) is 10.9. The zero-order valence-electron chi connectivity index (χ0n) is 14.3. The molecule has 28 heavy (non-hydrogen) atoms. The summed E-state index contributed by atoms with van der Waals surface area (Å²) < 4.78 is 67.7. The molecule has 1 fully saturated rings. The second-order valence-electron chi connectivity index (χ2n) is 4.92. The normalized spacial score (nSPS) is 26.8. The van der Waals surface area contributed by atoms with Crippen LogP contribution in [-0.4, -0.2) is 57.7 Å². The third-order valence-corrected chi connectivity index (χ3v) is 5.04. The molecule has 0 spiro atoms. The minimum absolute atomic E-state index is 0. The van der Waals surface area contributed by atoms with Crippen LogP contribution in [0.2, 0.25) is 0 Å². The number of aromatic nitrogens is 2. The quantitative estimate of drug-likeness (QED) is 0.154. The standard InChI is InChI=1S/C9H12FN2O12PS.2Na/c10-3-1-12(9(16)11-7(3)15)8-6(14)5(13)4(23-8)2-22-25(17,18)24-26(19,20)21;;/h1,4-6,8,13-14H,2H2,(H,17,18)(H,11,15,16)(H,19,20,21);;/q;2*+1/p-2/t4-,5-,6-,8-;;/m1../s1. The summed E-state index contributed by atoms with van der Waals surface area (Å²) in [5.41, 5.74) is -2.55. The van der Waals surface area contributed by atoms with E-state index in [4.69, 9.17) is 4.74 Å². The van der Waals surface area contributed by atoms with E-state index in [1.807, 2.05) is 0 Å². The third kappa shape index (κ3) is 7.33. The zero-order chi connectivity index (χ0) is 19.9. The summed E-state index contributed by atoms with van der Waals surface area (Å²) in [5.74, 6) is -1.41. The fourth-order valence-electron chi connectivity index (χ4n) is 2.04. The molecule has 1 aromatic rings. The van der Waals surface area contributed by atoms with Gasteiger partial charge in [-0.15, -0.1) is 0 Å². The number of ether oxygens (including phenoxy) is 1. The summed E-state index contributed by atoms with van der Waals surface area (Å²) in [6.07, 6.45) is -6.77. The molecule has 2 rings (SSSR count). The SMILES string of the molecule is O=c1[nH]c(=O)n([C@@H]2O[C@H](COP(=O)([O-])OS(=O)(=O)[O-])[C@@H](O)[C@H]2O)cc1F.[Na+].[Na+]. The molecule has 0 aliphatic carbocycles. The van der Waals surface area contributed by atoms with Crippen LogP contribution in [0, 0.1) is 5.82 Å². The Labute approximate surface area is 199 Å². The first kappa shape index (κ1) is 28.5. The number of H-pyrrole nitrogens is 1. The van der Waals surface area contributed by atoms with Gasteiger partial charge >= 0.3 is 64.8 Å². The van der Waals surface area contributed by atoms with Gasteiger partial charge in [0, 0.05) is 0 Å². The number of nitrogens with one attached hydrogen (secondary N) is 1. The van der Waals surface area contributed by atoms with Crippen LogP contribution in [0.25, 0.3) is 0 Å². The number of nitrogens with zero attached hydrogens (tertiary/aromatic N) is 1. The van der Waals surface area contributed by atoms with Crippen LogP contribution in [0.5, 0.6) is 0 Å². The Balaban J connectivity index is 0.00000364. The van der Waals surface area contributed by atoms with Crippen LogP contribution in [-0.2, 0) is 28.2 Å². The van der Waals surface area contributed by atoms with Crippen molar-refractivity contribution in [3.05, 3.63) is 32.9 Å². The second kappa shape index (κ2) is 10.7. The van der Waals surface area contributed by atoms with E-state index in [0.29, 0.717) is 10.8 Å². The molecule has 1 saturated heterocycles. The molecular weight excluding hydrogens is 456 g/mol. The summed E-state index contributed by atoms with van der Waals surface area (Å²) in [4.78, 5) is 35.3. The van der Waals surface area contributed by atoms with Gasteiger partial charge in [0.05, 0.1) is 12.8 Å². The van der Waals surface area contributed by atoms with Crippen molar-refractivity contribution >= 4 is 18.2 Å². The number of hydrogen-bond donors (Lipinski definition) is 3. The van der Waals surface area contributed by atoms with Gasteiger partial charge in [0.1, 0.15) is 18.3 Å². The molecule has 0 radical (unpaired) electrons. The van der Waals surface area contributed by atoms with Gasteiger partial charge in [0.2, 0.25) is 16.2 Å². The van der Waals surface area contributed by atoms with Crippen LogP contribution >= 0.6 is 7.82 Å². The Hall–Kier alpha value is 0.510. The molecule has 1 unspecified atom stereocenters. The largest absolute Gasteiger partial charge is 1.00 e. The Morgan fingerprint density at radius 3 is 2.43 bits per heavy atom. The van der Waals surface area contributed by atoms with E-state index in [-0.39, 0.29) is 59.1 Å². The molecule has 1 aromatic heterocycles. The van der Waals surface area contributed by atoms with E-state index in [2.05, 4.69) is 8.49 Å². The van der Waals surface area contributed by atoms with Gasteiger partial charge in [-0.05, 0) is 0 Å². The van der Waals surface area contributed by atoms with E-state index in [1.165, 1.54) is 0 Å². The summed E-state index contributed by atoms with van der Waals surface area (Å²) >= 11 is 0. The summed E-state index contributed by atoms with van der Waals surface area (Å²) in [6.45, 7) is -1.12. The first-order chi connectivity index (χ1) is 11.8. The van der Waals surface area contributed by atoms with Crippen molar-refractivity contribution in [1.82, 2.24) is 9.55 Å². The average Bonchev–Trinajstić information content (AvgIpc) is 2.75. The van der Waals surface area contributed by atoms with Crippen molar-refractivity contribution in [2.24, 2.45) is 0 Å². The zero-order valence-corrected chi connectivity index (χ0v) is 20.0. The monoisotopic (exact) mass is 466 g/mol. The maximum atomic E-state index is 13.3. The Morgan fingerprint density at radius 1 is 1.32 bits per heavy atom. The predicted molar refractivity (Wildman–Crippen MR) is 71.5 cm³/mol. The van der Waals surface area contributed by atoms with E-state index in [9.17, 15) is 46.6 Å². The van der Waals surface area contributed by atoms with Gasteiger partial charge in [-0.25, -0.2) is 17.2 Å². The third-order valence-electron chi connectivity index (χ3n) is 3.12. The van der Waals surface area contributed by atoms with Crippen LogP contribution in [0.1, 0.15) is 6.23 Å². The van der Waals surface area contributed by atoms with Crippen molar-refractivity contribution < 1.29 is 109 Å². The van der Waals surface area contributed by atoms with Crippen LogP contribution in [0.4, 0.5) is 4.39 Å². The molecule has 2 heterocycles. The first-order valence-corrected chi connectivity index (χ1v) is 9.25. The van der Waals surface area contributed by atoms with Gasteiger partial charge < -0.3 is 28.9 Å². The van der Waals surface area contributed by atoms with Gasteiger partial charge in [0.25, 0.3) is 13.4 Å². The molecule has 3 N–H and O–H groups in total. The van der Waals surface area contributed by atoms with Gasteiger partial charge in [-0.1, -0.05) is 0 Å². The molecule has 19 heteroatoms. The van der Waals surface area contributed by atoms with E-state index < -0.39 is 66.4 Å². The second-order valence-corrected chi connectivity index (χ2v) is 7.48.